The summed E-state index contributed by atoms with van der Waals surface area (Å²) >= 11 is 0. The third kappa shape index (κ3) is 3.04. The summed E-state index contributed by atoms with van der Waals surface area (Å²) in [7, 11) is 0. The Bertz CT molecular complexity index is 205. The lowest BCUT2D eigenvalue weighted by Crippen LogP contribution is -1.75. The van der Waals surface area contributed by atoms with Crippen LogP contribution in [0, 0.1) is 11.3 Å². The van der Waals surface area contributed by atoms with E-state index in [1.807, 2.05) is 12.1 Å². The molecule has 1 nitrogen and oxygen atoms in total. The SMILES string of the molecule is N#C/C=C/C1=CCCCCC1. The maximum Gasteiger partial charge on any atom is 0.0912 e. The van der Waals surface area contributed by atoms with Crippen molar-refractivity contribution < 1.29 is 0 Å². The Morgan fingerprint density at radius 2 is 2.27 bits per heavy atom. The smallest absolute Gasteiger partial charge is 0.0912 e. The Morgan fingerprint density at radius 1 is 1.36 bits per heavy atom. The molecule has 0 N–H and O–H groups in total. The minimum absolute atomic E-state index is 1.15. The Morgan fingerprint density at radius 3 is 3.09 bits per heavy atom. The second-order valence-electron chi connectivity index (χ2n) is 2.84. The van der Waals surface area contributed by atoms with Gasteiger partial charge in [0.2, 0.25) is 0 Å². The Kier molecular flexibility index (Phi) is 3.47. The first kappa shape index (κ1) is 8.07. The van der Waals surface area contributed by atoms with E-state index in [9.17, 15) is 0 Å². The molecule has 1 heteroatoms. The van der Waals surface area contributed by atoms with Gasteiger partial charge in [0.05, 0.1) is 6.07 Å². The third-order valence-electron chi connectivity index (χ3n) is 1.95. The summed E-state index contributed by atoms with van der Waals surface area (Å²) in [5.74, 6) is 0. The summed E-state index contributed by atoms with van der Waals surface area (Å²) in [6, 6.07) is 2.01. The topological polar surface area (TPSA) is 23.8 Å². The Labute approximate surface area is 68.0 Å². The highest BCUT2D eigenvalue weighted by Crippen LogP contribution is 2.17. The van der Waals surface area contributed by atoms with Crippen LogP contribution in [-0.4, -0.2) is 0 Å². The predicted molar refractivity (Wildman–Crippen MR) is 45.9 cm³/mol. The lowest BCUT2D eigenvalue weighted by molar-refractivity contribution is 0.714. The molecule has 1 rings (SSSR count). The molecule has 0 heterocycles. The highest BCUT2D eigenvalue weighted by atomic mass is 14.2. The van der Waals surface area contributed by atoms with Gasteiger partial charge >= 0.3 is 0 Å². The van der Waals surface area contributed by atoms with E-state index in [4.69, 9.17) is 5.26 Å². The minimum atomic E-state index is 1.15. The van der Waals surface area contributed by atoms with E-state index in [1.165, 1.54) is 31.3 Å². The maximum absolute atomic E-state index is 8.30. The van der Waals surface area contributed by atoms with E-state index in [2.05, 4.69) is 6.08 Å². The molecule has 0 aromatic rings. The van der Waals surface area contributed by atoms with Crippen molar-refractivity contribution in [3.63, 3.8) is 0 Å². The molecule has 0 aromatic carbocycles. The molecule has 0 saturated carbocycles. The van der Waals surface area contributed by atoms with E-state index >= 15 is 0 Å². The van der Waals surface area contributed by atoms with Crippen LogP contribution in [0.3, 0.4) is 0 Å². The van der Waals surface area contributed by atoms with Crippen LogP contribution in [0.15, 0.2) is 23.8 Å². The highest BCUT2D eigenvalue weighted by molar-refractivity contribution is 5.23. The summed E-state index contributed by atoms with van der Waals surface area (Å²) in [5, 5.41) is 8.30. The number of nitriles is 1. The minimum Gasteiger partial charge on any atom is -0.193 e. The fourth-order valence-electron chi connectivity index (χ4n) is 1.34. The molecule has 0 spiro atoms. The third-order valence-corrected chi connectivity index (χ3v) is 1.95. The summed E-state index contributed by atoms with van der Waals surface area (Å²) in [6.07, 6.45) is 12.0. The number of allylic oxidation sites excluding steroid dienone is 4. The maximum atomic E-state index is 8.30. The monoisotopic (exact) mass is 147 g/mol. The van der Waals surface area contributed by atoms with Gasteiger partial charge in [0.1, 0.15) is 0 Å². The number of nitrogens with zero attached hydrogens (tertiary/aromatic N) is 1. The van der Waals surface area contributed by atoms with Crippen molar-refractivity contribution in [2.75, 3.05) is 0 Å². The van der Waals surface area contributed by atoms with Crippen LogP contribution in [0.25, 0.3) is 0 Å². The van der Waals surface area contributed by atoms with Crippen LogP contribution in [0.4, 0.5) is 0 Å². The van der Waals surface area contributed by atoms with Crippen LogP contribution >= 0.6 is 0 Å². The normalized spacial score (nSPS) is 19.0. The van der Waals surface area contributed by atoms with Crippen molar-refractivity contribution in [3.8, 4) is 6.07 Å². The number of rotatable bonds is 1. The molecule has 0 aromatic heterocycles. The number of hydrogen-bond acceptors (Lipinski definition) is 1. The zero-order valence-electron chi connectivity index (χ0n) is 6.71. The average Bonchev–Trinajstić information content (AvgIpc) is 2.28. The van der Waals surface area contributed by atoms with Gasteiger partial charge < -0.3 is 0 Å². The second-order valence-corrected chi connectivity index (χ2v) is 2.84. The summed E-state index contributed by atoms with van der Waals surface area (Å²) in [4.78, 5) is 0. The van der Waals surface area contributed by atoms with Crippen molar-refractivity contribution in [2.45, 2.75) is 32.1 Å². The molecule has 0 bridgehead atoms. The van der Waals surface area contributed by atoms with Gasteiger partial charge in [-0.3, -0.25) is 0 Å². The standard InChI is InChI=1S/C10H13N/c11-9-5-8-10-6-3-1-2-4-7-10/h5-6,8H,1-4,7H2/b8-5+. The number of hydrogen-bond donors (Lipinski definition) is 0. The van der Waals surface area contributed by atoms with Gasteiger partial charge in [-0.25, -0.2) is 0 Å². The zero-order valence-corrected chi connectivity index (χ0v) is 6.71. The lowest BCUT2D eigenvalue weighted by Gasteiger charge is -1.94. The van der Waals surface area contributed by atoms with Crippen LogP contribution in [0.2, 0.25) is 0 Å². The van der Waals surface area contributed by atoms with Gasteiger partial charge in [-0.05, 0) is 31.8 Å². The van der Waals surface area contributed by atoms with E-state index in [1.54, 1.807) is 6.08 Å². The summed E-state index contributed by atoms with van der Waals surface area (Å²) in [6.45, 7) is 0. The summed E-state index contributed by atoms with van der Waals surface area (Å²) < 4.78 is 0. The molecular formula is C10H13N. The Balaban J connectivity index is 2.48. The van der Waals surface area contributed by atoms with Gasteiger partial charge in [0.25, 0.3) is 0 Å². The molecule has 0 radical (unpaired) electrons. The van der Waals surface area contributed by atoms with Gasteiger partial charge in [-0.15, -0.1) is 0 Å². The zero-order chi connectivity index (χ0) is 7.94. The highest BCUT2D eigenvalue weighted by Gasteiger charge is 1.98. The van der Waals surface area contributed by atoms with Crippen molar-refractivity contribution in [1.82, 2.24) is 0 Å². The lowest BCUT2D eigenvalue weighted by atomic mass is 10.1. The van der Waals surface area contributed by atoms with Crippen LogP contribution in [0.1, 0.15) is 32.1 Å². The molecule has 0 saturated heterocycles. The summed E-state index contributed by atoms with van der Waals surface area (Å²) in [5.41, 5.74) is 1.34. The first-order valence-corrected chi connectivity index (χ1v) is 4.18. The van der Waals surface area contributed by atoms with Gasteiger partial charge in [0, 0.05) is 6.08 Å². The first-order chi connectivity index (χ1) is 5.43. The fourth-order valence-corrected chi connectivity index (χ4v) is 1.34. The molecule has 58 valence electrons. The van der Waals surface area contributed by atoms with Crippen LogP contribution in [-0.2, 0) is 0 Å². The molecule has 0 fully saturated rings. The van der Waals surface area contributed by atoms with Crippen molar-refractivity contribution >= 4 is 0 Å². The van der Waals surface area contributed by atoms with Gasteiger partial charge in [0.15, 0.2) is 0 Å². The van der Waals surface area contributed by atoms with Gasteiger partial charge in [-0.2, -0.15) is 5.26 Å². The Hall–Kier alpha value is -1.03. The molecule has 0 unspecified atom stereocenters. The van der Waals surface area contributed by atoms with E-state index in [0.717, 1.165) is 6.42 Å². The van der Waals surface area contributed by atoms with E-state index < -0.39 is 0 Å². The van der Waals surface area contributed by atoms with E-state index in [-0.39, 0.29) is 0 Å². The predicted octanol–water partition coefficient (Wildman–Crippen LogP) is 2.96. The average molecular weight is 147 g/mol. The fraction of sp³-hybridized carbons (Fsp3) is 0.500. The molecular weight excluding hydrogens is 134 g/mol. The molecule has 0 amide bonds. The molecule has 1 aliphatic carbocycles. The van der Waals surface area contributed by atoms with Crippen molar-refractivity contribution in [2.24, 2.45) is 0 Å². The van der Waals surface area contributed by atoms with Crippen LogP contribution < -0.4 is 0 Å². The van der Waals surface area contributed by atoms with E-state index in [0.29, 0.717) is 0 Å². The largest absolute Gasteiger partial charge is 0.193 e. The molecule has 0 atom stereocenters. The molecule has 11 heavy (non-hydrogen) atoms. The van der Waals surface area contributed by atoms with Crippen molar-refractivity contribution in [1.29, 1.82) is 5.26 Å². The quantitative estimate of drug-likeness (QED) is 0.523. The van der Waals surface area contributed by atoms with Crippen molar-refractivity contribution in [3.05, 3.63) is 23.8 Å². The molecule has 0 aliphatic heterocycles. The molecule has 1 aliphatic rings. The first-order valence-electron chi connectivity index (χ1n) is 4.18. The van der Waals surface area contributed by atoms with Gasteiger partial charge in [-0.1, -0.05) is 18.1 Å². The second kappa shape index (κ2) is 4.73. The van der Waals surface area contributed by atoms with Crippen LogP contribution in [0.5, 0.6) is 0 Å².